The number of nitrogens with one attached hydrogen (secondary N) is 1. The van der Waals surface area contributed by atoms with Gasteiger partial charge >= 0.3 is 0 Å². The van der Waals surface area contributed by atoms with Gasteiger partial charge < -0.3 is 10.3 Å². The van der Waals surface area contributed by atoms with Crippen LogP contribution in [0.15, 0.2) is 24.3 Å². The van der Waals surface area contributed by atoms with Gasteiger partial charge in [0.05, 0.1) is 29.1 Å². The van der Waals surface area contributed by atoms with Crippen LogP contribution in [0.2, 0.25) is 0 Å². The molecule has 174 valence electrons. The predicted octanol–water partition coefficient (Wildman–Crippen LogP) is 1.59. The number of nitrogen functional groups attached to an aromatic ring is 1. The Kier molecular flexibility index (Phi) is 5.90. The topological polar surface area (TPSA) is 140 Å². The molecule has 12 heteroatoms. The van der Waals surface area contributed by atoms with E-state index in [2.05, 4.69) is 19.3 Å². The fourth-order valence-corrected chi connectivity index (χ4v) is 5.66. The summed E-state index contributed by atoms with van der Waals surface area (Å²) in [5, 5.41) is 0.387. The highest BCUT2D eigenvalue weighted by molar-refractivity contribution is 7.90. The van der Waals surface area contributed by atoms with Crippen molar-refractivity contribution in [3.05, 3.63) is 30.1 Å². The molecule has 0 radical (unpaired) electrons. The number of hydrogen-bond acceptors (Lipinski definition) is 7. The summed E-state index contributed by atoms with van der Waals surface area (Å²) in [5.41, 5.74) is 8.34. The average Bonchev–Trinajstić information content (AvgIpc) is 3.11. The summed E-state index contributed by atoms with van der Waals surface area (Å²) in [5.74, 6) is 0.907. The smallest absolute Gasteiger partial charge is 0.213 e. The average molecular weight is 481 g/mol. The lowest BCUT2D eigenvalue weighted by atomic mass is 10.1. The quantitative estimate of drug-likeness (QED) is 0.489. The molecule has 2 aromatic heterocycles. The van der Waals surface area contributed by atoms with Crippen LogP contribution in [0.5, 0.6) is 0 Å². The van der Waals surface area contributed by atoms with E-state index in [1.54, 1.807) is 13.8 Å². The van der Waals surface area contributed by atoms with Crippen molar-refractivity contribution in [2.75, 3.05) is 25.1 Å². The summed E-state index contributed by atoms with van der Waals surface area (Å²) < 4.78 is 54.8. The molecule has 0 bridgehead atoms. The molecule has 1 aromatic carbocycles. The Hall–Kier alpha value is -2.28. The number of hydrogen-bond donors (Lipinski definition) is 2. The maximum absolute atomic E-state index is 12.3. The van der Waals surface area contributed by atoms with Crippen LogP contribution in [0.25, 0.3) is 21.9 Å². The lowest BCUT2D eigenvalue weighted by Gasteiger charge is -2.33. The highest BCUT2D eigenvalue weighted by atomic mass is 32.2. The summed E-state index contributed by atoms with van der Waals surface area (Å²) >= 11 is 0. The van der Waals surface area contributed by atoms with Gasteiger partial charge in [0, 0.05) is 24.5 Å². The van der Waals surface area contributed by atoms with Crippen LogP contribution in [0, 0.1) is 0 Å². The molecule has 4 rings (SSSR count). The Morgan fingerprint density at radius 3 is 2.59 bits per heavy atom. The number of aromatic nitrogens is 3. The number of imidazole rings is 1. The Balaban J connectivity index is 1.74. The monoisotopic (exact) mass is 480 g/mol. The SMILES string of the molecule is CC(C)S(=O)(=O)NCCC[C@H]1CN(S(C)(=O)=O)Cc2nc3c(N)nc4ccccc4c3n21. The van der Waals surface area contributed by atoms with Gasteiger partial charge in [0.2, 0.25) is 20.0 Å². The first-order chi connectivity index (χ1) is 15.0. The van der Waals surface area contributed by atoms with Gasteiger partial charge in [0.15, 0.2) is 5.82 Å². The first-order valence-electron chi connectivity index (χ1n) is 10.5. The fraction of sp³-hybridized carbons (Fsp3) is 0.500. The molecule has 0 aliphatic carbocycles. The second-order valence-corrected chi connectivity index (χ2v) is 12.8. The second-order valence-electron chi connectivity index (χ2n) is 8.45. The first-order valence-corrected chi connectivity index (χ1v) is 13.9. The van der Waals surface area contributed by atoms with Crippen LogP contribution in [0.4, 0.5) is 5.82 Å². The number of para-hydroxylation sites is 1. The Labute approximate surface area is 187 Å². The second kappa shape index (κ2) is 8.25. The molecular formula is C20H28N6O4S2. The number of anilines is 1. The zero-order valence-electron chi connectivity index (χ0n) is 18.3. The van der Waals surface area contributed by atoms with Crippen LogP contribution in [0.3, 0.4) is 0 Å². The highest BCUT2D eigenvalue weighted by Crippen LogP contribution is 2.36. The van der Waals surface area contributed by atoms with Crippen LogP contribution >= 0.6 is 0 Å². The van der Waals surface area contributed by atoms with Crippen molar-refractivity contribution in [1.82, 2.24) is 23.6 Å². The van der Waals surface area contributed by atoms with E-state index in [4.69, 9.17) is 5.73 Å². The number of rotatable bonds is 7. The van der Waals surface area contributed by atoms with E-state index in [0.717, 1.165) is 16.4 Å². The molecule has 1 aliphatic heterocycles. The van der Waals surface area contributed by atoms with Gasteiger partial charge in [-0.3, -0.25) is 0 Å². The Morgan fingerprint density at radius 1 is 1.19 bits per heavy atom. The van der Waals surface area contributed by atoms with E-state index in [1.807, 2.05) is 24.3 Å². The normalized spacial score (nSPS) is 17.9. The van der Waals surface area contributed by atoms with Crippen molar-refractivity contribution < 1.29 is 16.8 Å². The molecule has 0 unspecified atom stereocenters. The molecule has 10 nitrogen and oxygen atoms in total. The molecule has 0 spiro atoms. The molecule has 3 heterocycles. The van der Waals surface area contributed by atoms with E-state index in [9.17, 15) is 16.8 Å². The third kappa shape index (κ3) is 4.19. The predicted molar refractivity (Wildman–Crippen MR) is 125 cm³/mol. The van der Waals surface area contributed by atoms with Gasteiger partial charge in [-0.25, -0.2) is 31.5 Å². The third-order valence-corrected chi connectivity index (χ3v) is 8.90. The van der Waals surface area contributed by atoms with E-state index in [1.165, 1.54) is 10.6 Å². The van der Waals surface area contributed by atoms with Crippen LogP contribution < -0.4 is 10.5 Å². The lowest BCUT2D eigenvalue weighted by molar-refractivity contribution is 0.272. The summed E-state index contributed by atoms with van der Waals surface area (Å²) in [6.07, 6.45) is 2.30. The van der Waals surface area contributed by atoms with E-state index in [-0.39, 0.29) is 25.7 Å². The summed E-state index contributed by atoms with van der Waals surface area (Å²) in [6, 6.07) is 7.42. The minimum Gasteiger partial charge on any atom is -0.382 e. The van der Waals surface area contributed by atoms with Crippen LogP contribution in [0.1, 0.15) is 38.6 Å². The molecule has 0 saturated carbocycles. The summed E-state index contributed by atoms with van der Waals surface area (Å²) in [6.45, 7) is 3.96. The minimum atomic E-state index is -3.44. The van der Waals surface area contributed by atoms with Gasteiger partial charge in [0.1, 0.15) is 11.3 Å². The van der Waals surface area contributed by atoms with Crippen molar-refractivity contribution in [3.8, 4) is 0 Å². The molecule has 3 N–H and O–H groups in total. The van der Waals surface area contributed by atoms with Crippen molar-refractivity contribution in [3.63, 3.8) is 0 Å². The van der Waals surface area contributed by atoms with Gasteiger partial charge in [-0.1, -0.05) is 18.2 Å². The van der Waals surface area contributed by atoms with Crippen molar-refractivity contribution in [2.24, 2.45) is 0 Å². The fourth-order valence-electron chi connectivity index (χ4n) is 4.10. The zero-order chi connectivity index (χ0) is 23.3. The molecule has 1 atom stereocenters. The molecule has 0 saturated heterocycles. The lowest BCUT2D eigenvalue weighted by Crippen LogP contribution is -2.41. The largest absolute Gasteiger partial charge is 0.382 e. The van der Waals surface area contributed by atoms with Crippen LogP contribution in [-0.4, -0.2) is 60.3 Å². The zero-order valence-corrected chi connectivity index (χ0v) is 19.9. The van der Waals surface area contributed by atoms with E-state index < -0.39 is 25.3 Å². The number of fused-ring (bicyclic) bond motifs is 5. The van der Waals surface area contributed by atoms with Crippen molar-refractivity contribution in [1.29, 1.82) is 0 Å². The van der Waals surface area contributed by atoms with E-state index in [0.29, 0.717) is 30.0 Å². The highest BCUT2D eigenvalue weighted by Gasteiger charge is 2.33. The molecule has 32 heavy (non-hydrogen) atoms. The molecule has 0 amide bonds. The summed E-state index contributed by atoms with van der Waals surface area (Å²) in [4.78, 5) is 9.12. The van der Waals surface area contributed by atoms with Crippen molar-refractivity contribution >= 4 is 47.8 Å². The number of nitrogens with zero attached hydrogens (tertiary/aromatic N) is 4. The number of pyridine rings is 1. The first kappa shape index (κ1) is 22.9. The number of sulfonamides is 2. The third-order valence-electron chi connectivity index (χ3n) is 5.83. The molecular weight excluding hydrogens is 452 g/mol. The molecule has 3 aromatic rings. The number of benzene rings is 1. The Morgan fingerprint density at radius 2 is 1.91 bits per heavy atom. The summed E-state index contributed by atoms with van der Waals surface area (Å²) in [7, 11) is -6.79. The molecule has 0 fully saturated rings. The van der Waals surface area contributed by atoms with Gasteiger partial charge in [-0.15, -0.1) is 0 Å². The maximum Gasteiger partial charge on any atom is 0.213 e. The number of nitrogens with two attached hydrogens (primary N) is 1. The van der Waals surface area contributed by atoms with Gasteiger partial charge in [0.25, 0.3) is 0 Å². The van der Waals surface area contributed by atoms with Crippen molar-refractivity contribution in [2.45, 2.75) is 44.5 Å². The van der Waals surface area contributed by atoms with E-state index >= 15 is 0 Å². The van der Waals surface area contributed by atoms with Gasteiger partial charge in [-0.2, -0.15) is 4.31 Å². The maximum atomic E-state index is 12.3. The molecule has 1 aliphatic rings. The van der Waals surface area contributed by atoms with Crippen LogP contribution in [-0.2, 0) is 26.6 Å². The minimum absolute atomic E-state index is 0.151. The van der Waals surface area contributed by atoms with Gasteiger partial charge in [-0.05, 0) is 32.8 Å². The standard InChI is InChI=1S/C20H28N6O4S2/c1-13(2)32(29,30)22-10-6-7-14-11-25(31(3,27)28)12-17-24-18-19(26(14)17)15-8-4-5-9-16(15)23-20(18)21/h4-5,8-9,13-14,22H,6-7,10-12H2,1-3H3,(H2,21,23)/t14-/m0/s1. The Bertz CT molecular complexity index is 1380.